The summed E-state index contributed by atoms with van der Waals surface area (Å²) in [6, 6.07) is 19.9. The molecule has 3 nitrogen and oxygen atoms in total. The van der Waals surface area contributed by atoms with Crippen LogP contribution in [0.4, 0.5) is 10.1 Å². The van der Waals surface area contributed by atoms with Gasteiger partial charge in [0.05, 0.1) is 0 Å². The Morgan fingerprint density at radius 1 is 1.03 bits per heavy atom. The maximum absolute atomic E-state index is 13.2. The molecule has 0 aliphatic heterocycles. The van der Waals surface area contributed by atoms with Gasteiger partial charge in [0.2, 0.25) is 5.91 Å². The van der Waals surface area contributed by atoms with Crippen molar-refractivity contribution in [1.82, 2.24) is 0 Å². The highest BCUT2D eigenvalue weighted by atomic mass is 35.5. The van der Waals surface area contributed by atoms with Gasteiger partial charge in [-0.25, -0.2) is 4.39 Å². The number of allylic oxidation sites excluding steroid dienone is 2. The molecule has 5 heteroatoms. The summed E-state index contributed by atoms with van der Waals surface area (Å²) in [5.41, 5.74) is 6.18. The molecule has 4 rings (SSSR count). The van der Waals surface area contributed by atoms with Crippen LogP contribution in [0.1, 0.15) is 42.9 Å². The van der Waals surface area contributed by atoms with Crippen molar-refractivity contribution in [2.24, 2.45) is 0 Å². The summed E-state index contributed by atoms with van der Waals surface area (Å²) >= 11 is 6.34. The average Bonchev–Trinajstić information content (AvgIpc) is 3.23. The second-order valence-corrected chi connectivity index (χ2v) is 8.06. The summed E-state index contributed by atoms with van der Waals surface area (Å²) in [7, 11) is 0. The predicted molar refractivity (Wildman–Crippen MR) is 124 cm³/mol. The smallest absolute Gasteiger partial charge is 0.221 e. The largest absolute Gasteiger partial charge is 0.488 e. The number of amides is 1. The number of benzene rings is 3. The van der Waals surface area contributed by atoms with Crippen molar-refractivity contribution in [3.05, 3.63) is 94.3 Å². The Balaban J connectivity index is 1.68. The van der Waals surface area contributed by atoms with E-state index in [1.54, 1.807) is 12.1 Å². The van der Waals surface area contributed by atoms with Crippen molar-refractivity contribution in [1.29, 1.82) is 0 Å². The number of carbonyl (C=O) groups excluding carboxylic acids is 1. The Morgan fingerprint density at radius 2 is 1.81 bits per heavy atom. The highest BCUT2D eigenvalue weighted by Crippen LogP contribution is 2.44. The third-order valence-electron chi connectivity index (χ3n) is 5.32. The third kappa shape index (κ3) is 5.15. The first-order valence-corrected chi connectivity index (χ1v) is 10.6. The summed E-state index contributed by atoms with van der Waals surface area (Å²) < 4.78 is 19.3. The zero-order valence-electron chi connectivity index (χ0n) is 17.3. The molecule has 0 saturated heterocycles. The normalized spacial score (nSPS) is 13.4. The van der Waals surface area contributed by atoms with Gasteiger partial charge in [0.15, 0.2) is 0 Å². The minimum atomic E-state index is -0.266. The predicted octanol–water partition coefficient (Wildman–Crippen LogP) is 7.11. The summed E-state index contributed by atoms with van der Waals surface area (Å²) in [6.45, 7) is 1.85. The second kappa shape index (κ2) is 9.36. The summed E-state index contributed by atoms with van der Waals surface area (Å²) in [5.74, 6) is 0.392. The van der Waals surface area contributed by atoms with Gasteiger partial charge in [-0.15, -0.1) is 0 Å². The molecule has 3 aromatic rings. The van der Waals surface area contributed by atoms with E-state index in [2.05, 4.69) is 11.4 Å². The topological polar surface area (TPSA) is 38.3 Å². The lowest BCUT2D eigenvalue weighted by Gasteiger charge is -2.16. The molecule has 1 aliphatic carbocycles. The van der Waals surface area contributed by atoms with Crippen molar-refractivity contribution in [2.75, 3.05) is 5.32 Å². The number of anilines is 1. The fraction of sp³-hybridized carbons (Fsp3) is 0.192. The van der Waals surface area contributed by atoms with Gasteiger partial charge < -0.3 is 10.1 Å². The van der Waals surface area contributed by atoms with Gasteiger partial charge >= 0.3 is 0 Å². The van der Waals surface area contributed by atoms with Crippen LogP contribution in [0, 0.1) is 5.82 Å². The zero-order chi connectivity index (χ0) is 21.8. The number of carbonyl (C=O) groups is 1. The quantitative estimate of drug-likeness (QED) is 0.448. The van der Waals surface area contributed by atoms with E-state index in [4.69, 9.17) is 16.3 Å². The van der Waals surface area contributed by atoms with E-state index in [1.165, 1.54) is 30.2 Å². The number of nitrogens with one attached hydrogen (secondary N) is 1. The van der Waals surface area contributed by atoms with Gasteiger partial charge in [0.25, 0.3) is 0 Å². The van der Waals surface area contributed by atoms with Gasteiger partial charge in [-0.3, -0.25) is 4.79 Å². The number of hydrogen-bond acceptors (Lipinski definition) is 2. The molecule has 158 valence electrons. The number of hydrogen-bond donors (Lipinski definition) is 1. The molecular formula is C26H23ClFNO2. The van der Waals surface area contributed by atoms with Crippen molar-refractivity contribution < 1.29 is 13.9 Å². The van der Waals surface area contributed by atoms with Crippen LogP contribution >= 0.6 is 11.6 Å². The van der Waals surface area contributed by atoms with Crippen molar-refractivity contribution in [2.45, 2.75) is 32.8 Å². The molecule has 0 atom stereocenters. The lowest BCUT2D eigenvalue weighted by Crippen LogP contribution is -2.05. The zero-order valence-corrected chi connectivity index (χ0v) is 18.0. The van der Waals surface area contributed by atoms with E-state index in [0.717, 1.165) is 47.4 Å². The lowest BCUT2D eigenvalue weighted by atomic mass is 9.96. The summed E-state index contributed by atoms with van der Waals surface area (Å²) in [4.78, 5) is 11.4. The van der Waals surface area contributed by atoms with Crippen LogP contribution in [0.5, 0.6) is 5.75 Å². The third-order valence-corrected chi connectivity index (χ3v) is 5.56. The number of halogens is 2. The molecule has 3 aromatic carbocycles. The Labute approximate surface area is 186 Å². The highest BCUT2D eigenvalue weighted by Gasteiger charge is 2.21. The van der Waals surface area contributed by atoms with E-state index in [0.29, 0.717) is 11.6 Å². The Kier molecular flexibility index (Phi) is 6.38. The van der Waals surface area contributed by atoms with Crippen LogP contribution in [-0.4, -0.2) is 5.91 Å². The van der Waals surface area contributed by atoms with Gasteiger partial charge in [0, 0.05) is 23.2 Å². The van der Waals surface area contributed by atoms with Crippen LogP contribution in [-0.2, 0) is 11.4 Å². The molecule has 0 bridgehead atoms. The fourth-order valence-electron chi connectivity index (χ4n) is 3.95. The van der Waals surface area contributed by atoms with Gasteiger partial charge in [-0.1, -0.05) is 35.9 Å². The van der Waals surface area contributed by atoms with E-state index in [9.17, 15) is 9.18 Å². The first-order chi connectivity index (χ1) is 15.0. The molecule has 0 saturated carbocycles. The minimum Gasteiger partial charge on any atom is -0.488 e. The maximum atomic E-state index is 13.2. The van der Waals surface area contributed by atoms with E-state index < -0.39 is 0 Å². The van der Waals surface area contributed by atoms with Crippen LogP contribution in [0.2, 0.25) is 5.02 Å². The molecule has 0 aromatic heterocycles. The summed E-state index contributed by atoms with van der Waals surface area (Å²) in [5, 5.41) is 3.50. The molecule has 0 fully saturated rings. The van der Waals surface area contributed by atoms with Gasteiger partial charge in [0.1, 0.15) is 18.2 Å². The van der Waals surface area contributed by atoms with Crippen LogP contribution < -0.4 is 10.1 Å². The van der Waals surface area contributed by atoms with Crippen LogP contribution in [0.15, 0.2) is 66.7 Å². The maximum Gasteiger partial charge on any atom is 0.221 e. The fourth-order valence-corrected chi connectivity index (χ4v) is 4.13. The van der Waals surface area contributed by atoms with Crippen molar-refractivity contribution >= 4 is 34.3 Å². The molecule has 0 heterocycles. The molecule has 1 N–H and O–H groups in total. The first-order valence-electron chi connectivity index (χ1n) is 10.3. The molecule has 0 unspecified atom stereocenters. The van der Waals surface area contributed by atoms with Crippen LogP contribution in [0.3, 0.4) is 0 Å². The monoisotopic (exact) mass is 435 g/mol. The number of rotatable bonds is 6. The minimum absolute atomic E-state index is 0.0934. The molecule has 0 spiro atoms. The lowest BCUT2D eigenvalue weighted by molar-refractivity contribution is -0.114. The molecule has 0 radical (unpaired) electrons. The van der Waals surface area contributed by atoms with E-state index in [1.807, 2.05) is 36.4 Å². The van der Waals surface area contributed by atoms with E-state index >= 15 is 0 Å². The number of ether oxygens (including phenoxy) is 1. The average molecular weight is 436 g/mol. The molecular weight excluding hydrogens is 413 g/mol. The van der Waals surface area contributed by atoms with Gasteiger partial charge in [-0.05, 0) is 84.0 Å². The Hall–Kier alpha value is -3.11. The van der Waals surface area contributed by atoms with Gasteiger partial charge in [-0.2, -0.15) is 0 Å². The Bertz CT molecular complexity index is 1140. The summed E-state index contributed by atoms with van der Waals surface area (Å²) in [6.07, 6.45) is 2.91. The van der Waals surface area contributed by atoms with Crippen molar-refractivity contribution in [3.63, 3.8) is 0 Å². The molecule has 1 aliphatic rings. The SMILES string of the molecule is CC(=O)Nc1cccc(C2=C(c3cc(Cl)ccc3OCc3ccc(F)cc3)CCC2)c1. The molecule has 31 heavy (non-hydrogen) atoms. The highest BCUT2D eigenvalue weighted by molar-refractivity contribution is 6.30. The van der Waals surface area contributed by atoms with Crippen LogP contribution in [0.25, 0.3) is 11.1 Å². The second-order valence-electron chi connectivity index (χ2n) is 7.63. The van der Waals surface area contributed by atoms with E-state index in [-0.39, 0.29) is 11.7 Å². The molecule has 1 amide bonds. The van der Waals surface area contributed by atoms with Crippen molar-refractivity contribution in [3.8, 4) is 5.75 Å². The Morgan fingerprint density at radius 3 is 2.58 bits per heavy atom. The first kappa shape index (κ1) is 21.1. The standard InChI is InChI=1S/C26H23ClFNO2/c1-17(30)29-22-5-2-4-19(14-22)23-6-3-7-24(23)25-15-20(27)10-13-26(25)31-16-18-8-11-21(28)12-9-18/h2,4-5,8-15H,3,6-7,16H2,1H3,(H,29,30).